The third kappa shape index (κ3) is 5.19. The number of halogens is 3. The Balaban J connectivity index is 2.16. The van der Waals surface area contributed by atoms with Crippen molar-refractivity contribution in [2.75, 3.05) is 18.0 Å². The topological polar surface area (TPSA) is 28.2 Å². The van der Waals surface area contributed by atoms with Gasteiger partial charge in [-0.2, -0.15) is 13.2 Å². The van der Waals surface area contributed by atoms with Gasteiger partial charge in [0.2, 0.25) is 0 Å². The van der Waals surface area contributed by atoms with Crippen molar-refractivity contribution >= 4 is 5.82 Å². The molecule has 6 heteroatoms. The SMILES string of the molecule is CCc1cc(CNC2CC2)cc(N(CC)CC(F)(F)F)n1. The Kier molecular flexibility index (Phi) is 5.08. The van der Waals surface area contributed by atoms with Crippen LogP contribution >= 0.6 is 0 Å². The Morgan fingerprint density at radius 2 is 2.00 bits per heavy atom. The summed E-state index contributed by atoms with van der Waals surface area (Å²) in [5.74, 6) is 0.418. The van der Waals surface area contributed by atoms with Crippen LogP contribution in [-0.4, -0.2) is 30.3 Å². The lowest BCUT2D eigenvalue weighted by Gasteiger charge is -2.24. The molecular formula is C15H22F3N3. The van der Waals surface area contributed by atoms with E-state index in [1.807, 2.05) is 13.0 Å². The van der Waals surface area contributed by atoms with Crippen LogP contribution in [0.2, 0.25) is 0 Å². The van der Waals surface area contributed by atoms with E-state index in [1.54, 1.807) is 13.0 Å². The van der Waals surface area contributed by atoms with Gasteiger partial charge in [0.25, 0.3) is 0 Å². The van der Waals surface area contributed by atoms with Crippen LogP contribution in [0.1, 0.15) is 37.9 Å². The van der Waals surface area contributed by atoms with Gasteiger partial charge in [-0.25, -0.2) is 4.98 Å². The average Bonchev–Trinajstić information content (AvgIpc) is 3.25. The summed E-state index contributed by atoms with van der Waals surface area (Å²) in [5.41, 5.74) is 1.84. The minimum atomic E-state index is -4.22. The smallest absolute Gasteiger partial charge is 0.348 e. The highest BCUT2D eigenvalue weighted by Crippen LogP contribution is 2.23. The molecule has 1 aliphatic carbocycles. The number of hydrogen-bond acceptors (Lipinski definition) is 3. The Morgan fingerprint density at radius 3 is 2.52 bits per heavy atom. The van der Waals surface area contributed by atoms with Crippen LogP contribution in [0.4, 0.5) is 19.0 Å². The fourth-order valence-corrected chi connectivity index (χ4v) is 2.20. The number of alkyl halides is 3. The summed E-state index contributed by atoms with van der Waals surface area (Å²) < 4.78 is 37.9. The second kappa shape index (κ2) is 6.64. The molecule has 0 amide bonds. The molecule has 0 aliphatic heterocycles. The van der Waals surface area contributed by atoms with E-state index in [-0.39, 0.29) is 6.54 Å². The molecule has 1 heterocycles. The van der Waals surface area contributed by atoms with Crippen molar-refractivity contribution < 1.29 is 13.2 Å². The van der Waals surface area contributed by atoms with E-state index < -0.39 is 12.7 Å². The molecule has 0 atom stereocenters. The van der Waals surface area contributed by atoms with Crippen LogP contribution in [0.25, 0.3) is 0 Å². The molecule has 2 rings (SSSR count). The van der Waals surface area contributed by atoms with Crippen molar-refractivity contribution in [3.63, 3.8) is 0 Å². The Bertz CT molecular complexity index is 470. The van der Waals surface area contributed by atoms with E-state index >= 15 is 0 Å². The summed E-state index contributed by atoms with van der Waals surface area (Å²) in [6.45, 7) is 3.70. The van der Waals surface area contributed by atoms with Gasteiger partial charge in [0.15, 0.2) is 0 Å². The molecule has 0 radical (unpaired) electrons. The number of pyridine rings is 1. The van der Waals surface area contributed by atoms with Gasteiger partial charge in [-0.05, 0) is 43.9 Å². The van der Waals surface area contributed by atoms with Gasteiger partial charge in [0, 0.05) is 24.8 Å². The zero-order valence-electron chi connectivity index (χ0n) is 12.5. The van der Waals surface area contributed by atoms with Gasteiger partial charge in [0.1, 0.15) is 12.4 Å². The molecule has 0 spiro atoms. The van der Waals surface area contributed by atoms with Crippen molar-refractivity contribution in [1.82, 2.24) is 10.3 Å². The number of anilines is 1. The Hall–Kier alpha value is -1.30. The quantitative estimate of drug-likeness (QED) is 0.837. The maximum Gasteiger partial charge on any atom is 0.405 e. The highest BCUT2D eigenvalue weighted by atomic mass is 19.4. The van der Waals surface area contributed by atoms with E-state index in [9.17, 15) is 13.2 Å². The van der Waals surface area contributed by atoms with Gasteiger partial charge < -0.3 is 10.2 Å². The summed E-state index contributed by atoms with van der Waals surface area (Å²) >= 11 is 0. The van der Waals surface area contributed by atoms with Crippen LogP contribution in [0, 0.1) is 0 Å². The number of aromatic nitrogens is 1. The lowest BCUT2D eigenvalue weighted by molar-refractivity contribution is -0.119. The van der Waals surface area contributed by atoms with E-state index in [2.05, 4.69) is 10.3 Å². The third-order valence-corrected chi connectivity index (χ3v) is 3.53. The molecule has 1 aliphatic rings. The lowest BCUT2D eigenvalue weighted by Crippen LogP contribution is -2.35. The normalized spacial score (nSPS) is 15.3. The van der Waals surface area contributed by atoms with Crippen LogP contribution in [0.15, 0.2) is 12.1 Å². The summed E-state index contributed by atoms with van der Waals surface area (Å²) in [6.07, 6.45) is -1.12. The van der Waals surface area contributed by atoms with Crippen LogP contribution in [0.5, 0.6) is 0 Å². The zero-order chi connectivity index (χ0) is 15.5. The molecule has 0 saturated heterocycles. The lowest BCUT2D eigenvalue weighted by atomic mass is 10.2. The molecule has 118 valence electrons. The van der Waals surface area contributed by atoms with Gasteiger partial charge in [-0.3, -0.25) is 0 Å². The number of rotatable bonds is 7. The molecule has 1 aromatic rings. The number of nitrogens with zero attached hydrogens (tertiary/aromatic N) is 2. The molecule has 1 N–H and O–H groups in total. The largest absolute Gasteiger partial charge is 0.405 e. The summed E-state index contributed by atoms with van der Waals surface area (Å²) in [7, 11) is 0. The van der Waals surface area contributed by atoms with Gasteiger partial charge in [-0.1, -0.05) is 6.92 Å². The second-order valence-electron chi connectivity index (χ2n) is 5.46. The molecule has 1 fully saturated rings. The van der Waals surface area contributed by atoms with E-state index in [0.29, 0.717) is 24.8 Å². The molecule has 1 saturated carbocycles. The predicted molar refractivity (Wildman–Crippen MR) is 77.4 cm³/mol. The summed E-state index contributed by atoms with van der Waals surface area (Å²) in [4.78, 5) is 5.63. The number of hydrogen-bond donors (Lipinski definition) is 1. The molecule has 0 aromatic carbocycles. The maximum absolute atomic E-state index is 12.6. The molecule has 3 nitrogen and oxygen atoms in total. The minimum absolute atomic E-state index is 0.287. The Labute approximate surface area is 123 Å². The van der Waals surface area contributed by atoms with Gasteiger partial charge in [0.05, 0.1) is 0 Å². The third-order valence-electron chi connectivity index (χ3n) is 3.53. The van der Waals surface area contributed by atoms with Gasteiger partial charge >= 0.3 is 6.18 Å². The van der Waals surface area contributed by atoms with Crippen molar-refractivity contribution in [2.24, 2.45) is 0 Å². The summed E-state index contributed by atoms with van der Waals surface area (Å²) in [6, 6.07) is 4.31. The number of nitrogens with one attached hydrogen (secondary N) is 1. The first-order valence-corrected chi connectivity index (χ1v) is 7.46. The maximum atomic E-state index is 12.6. The summed E-state index contributed by atoms with van der Waals surface area (Å²) in [5, 5.41) is 3.39. The molecule has 0 unspecified atom stereocenters. The van der Waals surface area contributed by atoms with E-state index in [0.717, 1.165) is 11.3 Å². The molecular weight excluding hydrogens is 279 g/mol. The standard InChI is InChI=1S/C15H22F3N3/c1-3-12-7-11(9-19-13-5-6-13)8-14(20-12)21(4-2)10-15(16,17)18/h7-8,13,19H,3-6,9-10H2,1-2H3. The van der Waals surface area contributed by atoms with E-state index in [4.69, 9.17) is 0 Å². The van der Waals surface area contributed by atoms with Crippen LogP contribution in [0.3, 0.4) is 0 Å². The fourth-order valence-electron chi connectivity index (χ4n) is 2.20. The van der Waals surface area contributed by atoms with Crippen molar-refractivity contribution in [1.29, 1.82) is 0 Å². The van der Waals surface area contributed by atoms with Crippen LogP contribution < -0.4 is 10.2 Å². The first-order valence-electron chi connectivity index (χ1n) is 7.46. The molecule has 1 aromatic heterocycles. The van der Waals surface area contributed by atoms with E-state index in [1.165, 1.54) is 17.7 Å². The van der Waals surface area contributed by atoms with Crippen molar-refractivity contribution in [3.8, 4) is 0 Å². The monoisotopic (exact) mass is 301 g/mol. The minimum Gasteiger partial charge on any atom is -0.348 e. The van der Waals surface area contributed by atoms with Crippen molar-refractivity contribution in [2.45, 2.75) is 51.9 Å². The van der Waals surface area contributed by atoms with Gasteiger partial charge in [-0.15, -0.1) is 0 Å². The first-order chi connectivity index (χ1) is 9.91. The fraction of sp³-hybridized carbons (Fsp3) is 0.667. The molecule has 21 heavy (non-hydrogen) atoms. The zero-order valence-corrected chi connectivity index (χ0v) is 12.5. The van der Waals surface area contributed by atoms with Crippen LogP contribution in [-0.2, 0) is 13.0 Å². The average molecular weight is 301 g/mol. The molecule has 0 bridgehead atoms. The number of aryl methyl sites for hydroxylation is 1. The van der Waals surface area contributed by atoms with Crippen molar-refractivity contribution in [3.05, 3.63) is 23.4 Å². The first kappa shape index (κ1) is 16.1. The highest BCUT2D eigenvalue weighted by Gasteiger charge is 2.31. The Morgan fingerprint density at radius 1 is 1.29 bits per heavy atom. The predicted octanol–water partition coefficient (Wildman–Crippen LogP) is 3.28. The second-order valence-corrected chi connectivity index (χ2v) is 5.46. The highest BCUT2D eigenvalue weighted by molar-refractivity contribution is 5.43.